The van der Waals surface area contributed by atoms with Crippen molar-refractivity contribution < 1.29 is 14.5 Å². The smallest absolute Gasteiger partial charge is 0.312 e. The number of aryl methyl sites for hydroxylation is 2. The number of amides is 1. The van der Waals surface area contributed by atoms with Gasteiger partial charge in [-0.3, -0.25) is 14.9 Å². The SMILES string of the molecule is Cc1ccc(C)c(NC(=O)/C(C#N)=C/c2ccc(Oc3ccc(C(C)(C)C)cc3)c([N+](=O)[O-])c2)c1. The summed E-state index contributed by atoms with van der Waals surface area (Å²) in [5.74, 6) is -0.0628. The third-order valence-electron chi connectivity index (χ3n) is 5.45. The first kappa shape index (κ1) is 25.2. The zero-order valence-electron chi connectivity index (χ0n) is 20.4. The van der Waals surface area contributed by atoms with E-state index in [1.165, 1.54) is 18.2 Å². The predicted molar refractivity (Wildman–Crippen MR) is 136 cm³/mol. The second-order valence-electron chi connectivity index (χ2n) is 9.30. The van der Waals surface area contributed by atoms with Crippen molar-refractivity contribution in [2.24, 2.45) is 0 Å². The number of hydrogen-bond acceptors (Lipinski definition) is 5. The lowest BCUT2D eigenvalue weighted by molar-refractivity contribution is -0.385. The number of nitro benzene ring substituents is 1. The molecule has 35 heavy (non-hydrogen) atoms. The maximum atomic E-state index is 12.7. The van der Waals surface area contributed by atoms with Crippen molar-refractivity contribution >= 4 is 23.4 Å². The number of ether oxygens (including phenoxy) is 1. The normalized spacial score (nSPS) is 11.5. The van der Waals surface area contributed by atoms with Gasteiger partial charge in [0.15, 0.2) is 0 Å². The quantitative estimate of drug-likeness (QED) is 0.184. The zero-order chi connectivity index (χ0) is 25.8. The lowest BCUT2D eigenvalue weighted by atomic mass is 9.87. The van der Waals surface area contributed by atoms with E-state index in [1.807, 2.05) is 50.2 Å². The maximum absolute atomic E-state index is 12.7. The Hall–Kier alpha value is -4.44. The van der Waals surface area contributed by atoms with Gasteiger partial charge in [-0.1, -0.05) is 51.1 Å². The van der Waals surface area contributed by atoms with E-state index in [9.17, 15) is 20.2 Å². The maximum Gasteiger partial charge on any atom is 0.312 e. The first-order chi connectivity index (χ1) is 16.5. The van der Waals surface area contributed by atoms with Crippen LogP contribution in [0, 0.1) is 35.3 Å². The Kier molecular flexibility index (Phi) is 7.36. The van der Waals surface area contributed by atoms with E-state index in [2.05, 4.69) is 26.1 Å². The van der Waals surface area contributed by atoms with Crippen molar-refractivity contribution in [1.82, 2.24) is 0 Å². The standard InChI is InChI=1S/C28H27N3O4/c1-18-6-7-19(2)24(14-18)30-27(32)21(17-29)15-20-8-13-26(25(16-20)31(33)34)35-23-11-9-22(10-12-23)28(3,4)5/h6-16H,1-5H3,(H,30,32)/b21-15+. The molecule has 0 heterocycles. The van der Waals surface area contributed by atoms with E-state index in [4.69, 9.17) is 4.74 Å². The van der Waals surface area contributed by atoms with Gasteiger partial charge in [0.05, 0.1) is 4.92 Å². The van der Waals surface area contributed by atoms with Crippen LogP contribution in [0.3, 0.4) is 0 Å². The molecule has 178 valence electrons. The molecule has 0 saturated heterocycles. The molecule has 0 aliphatic carbocycles. The molecule has 3 rings (SSSR count). The van der Waals surface area contributed by atoms with E-state index in [0.717, 1.165) is 16.7 Å². The van der Waals surface area contributed by atoms with Gasteiger partial charge in [-0.2, -0.15) is 5.26 Å². The molecule has 0 unspecified atom stereocenters. The number of nitro groups is 1. The minimum absolute atomic E-state index is 0.0265. The summed E-state index contributed by atoms with van der Waals surface area (Å²) < 4.78 is 5.77. The van der Waals surface area contributed by atoms with E-state index < -0.39 is 10.8 Å². The highest BCUT2D eigenvalue weighted by Gasteiger charge is 2.19. The summed E-state index contributed by atoms with van der Waals surface area (Å²) >= 11 is 0. The van der Waals surface area contributed by atoms with Crippen LogP contribution in [0.4, 0.5) is 11.4 Å². The van der Waals surface area contributed by atoms with E-state index in [1.54, 1.807) is 18.2 Å². The van der Waals surface area contributed by atoms with Gasteiger partial charge in [-0.25, -0.2) is 0 Å². The lowest BCUT2D eigenvalue weighted by Gasteiger charge is -2.19. The van der Waals surface area contributed by atoms with Crippen LogP contribution >= 0.6 is 0 Å². The minimum Gasteiger partial charge on any atom is -0.450 e. The highest BCUT2D eigenvalue weighted by Crippen LogP contribution is 2.34. The first-order valence-electron chi connectivity index (χ1n) is 11.0. The van der Waals surface area contributed by atoms with Crippen LogP contribution in [0.5, 0.6) is 11.5 Å². The number of benzene rings is 3. The van der Waals surface area contributed by atoms with Crippen molar-refractivity contribution in [3.63, 3.8) is 0 Å². The monoisotopic (exact) mass is 469 g/mol. The number of nitriles is 1. The number of nitrogens with zero attached hydrogens (tertiary/aromatic N) is 2. The third-order valence-corrected chi connectivity index (χ3v) is 5.45. The molecule has 0 bridgehead atoms. The number of hydrogen-bond donors (Lipinski definition) is 1. The summed E-state index contributed by atoms with van der Waals surface area (Å²) in [5.41, 5.74) is 3.40. The summed E-state index contributed by atoms with van der Waals surface area (Å²) in [5, 5.41) is 24.0. The fraction of sp³-hybridized carbons (Fsp3) is 0.214. The van der Waals surface area contributed by atoms with E-state index in [0.29, 0.717) is 17.0 Å². The van der Waals surface area contributed by atoms with E-state index in [-0.39, 0.29) is 22.4 Å². The topological polar surface area (TPSA) is 105 Å². The highest BCUT2D eigenvalue weighted by molar-refractivity contribution is 6.10. The molecule has 1 N–H and O–H groups in total. The first-order valence-corrected chi connectivity index (χ1v) is 11.0. The zero-order valence-corrected chi connectivity index (χ0v) is 20.4. The number of nitrogens with one attached hydrogen (secondary N) is 1. The van der Waals surface area contributed by atoms with Gasteiger partial charge >= 0.3 is 5.69 Å². The molecule has 7 heteroatoms. The van der Waals surface area contributed by atoms with Crippen LogP contribution in [0.1, 0.15) is 43.0 Å². The molecule has 0 saturated carbocycles. The predicted octanol–water partition coefficient (Wildman–Crippen LogP) is 6.85. The van der Waals surface area contributed by atoms with Crippen LogP contribution in [0.2, 0.25) is 0 Å². The van der Waals surface area contributed by atoms with Crippen molar-refractivity contribution in [1.29, 1.82) is 5.26 Å². The molecular formula is C28H27N3O4. The molecule has 0 aromatic heterocycles. The summed E-state index contributed by atoms with van der Waals surface area (Å²) in [6.07, 6.45) is 1.31. The van der Waals surface area contributed by atoms with Gasteiger partial charge in [0, 0.05) is 11.8 Å². The van der Waals surface area contributed by atoms with Crippen molar-refractivity contribution in [3.05, 3.63) is 98.6 Å². The molecule has 0 radical (unpaired) electrons. The van der Waals surface area contributed by atoms with Gasteiger partial charge in [0.25, 0.3) is 5.91 Å². The van der Waals surface area contributed by atoms with E-state index >= 15 is 0 Å². The van der Waals surface area contributed by atoms with Gasteiger partial charge in [0.1, 0.15) is 17.4 Å². The lowest BCUT2D eigenvalue weighted by Crippen LogP contribution is -2.14. The summed E-state index contributed by atoms with van der Waals surface area (Å²) in [6, 6.07) is 19.2. The average Bonchev–Trinajstić information content (AvgIpc) is 2.80. The Morgan fingerprint density at radius 1 is 1.06 bits per heavy atom. The number of rotatable bonds is 6. The van der Waals surface area contributed by atoms with Gasteiger partial charge < -0.3 is 10.1 Å². The van der Waals surface area contributed by atoms with Crippen molar-refractivity contribution in [2.45, 2.75) is 40.0 Å². The molecule has 3 aromatic carbocycles. The van der Waals surface area contributed by atoms with Crippen LogP contribution in [-0.4, -0.2) is 10.8 Å². The largest absolute Gasteiger partial charge is 0.450 e. The summed E-state index contributed by atoms with van der Waals surface area (Å²) in [4.78, 5) is 23.8. The molecule has 1 amide bonds. The fourth-order valence-electron chi connectivity index (χ4n) is 3.38. The van der Waals surface area contributed by atoms with Crippen LogP contribution in [0.25, 0.3) is 6.08 Å². The van der Waals surface area contributed by atoms with Crippen LogP contribution in [0.15, 0.2) is 66.2 Å². The average molecular weight is 470 g/mol. The summed E-state index contributed by atoms with van der Waals surface area (Å²) in [7, 11) is 0. The molecule has 7 nitrogen and oxygen atoms in total. The van der Waals surface area contributed by atoms with Crippen LogP contribution < -0.4 is 10.1 Å². The Morgan fingerprint density at radius 3 is 2.34 bits per heavy atom. The molecule has 0 atom stereocenters. The Labute approximate surface area is 204 Å². The Bertz CT molecular complexity index is 1340. The van der Waals surface area contributed by atoms with Gasteiger partial charge in [-0.15, -0.1) is 0 Å². The second kappa shape index (κ2) is 10.2. The molecule has 0 spiro atoms. The Morgan fingerprint density at radius 2 is 1.74 bits per heavy atom. The summed E-state index contributed by atoms with van der Waals surface area (Å²) in [6.45, 7) is 10.0. The molecule has 3 aromatic rings. The fourth-order valence-corrected chi connectivity index (χ4v) is 3.38. The molecular weight excluding hydrogens is 442 g/mol. The van der Waals surface area contributed by atoms with Crippen molar-refractivity contribution in [3.8, 4) is 17.6 Å². The number of anilines is 1. The van der Waals surface area contributed by atoms with Crippen molar-refractivity contribution in [2.75, 3.05) is 5.32 Å². The second-order valence-corrected chi connectivity index (χ2v) is 9.30. The van der Waals surface area contributed by atoms with Gasteiger partial charge in [-0.05, 0) is 71.9 Å². The number of carbonyl (C=O) groups is 1. The molecule has 0 fully saturated rings. The Balaban J connectivity index is 1.86. The molecule has 0 aliphatic rings. The minimum atomic E-state index is -0.594. The third kappa shape index (κ3) is 6.33. The van der Waals surface area contributed by atoms with Gasteiger partial charge in [0.2, 0.25) is 5.75 Å². The van der Waals surface area contributed by atoms with Crippen LogP contribution in [-0.2, 0) is 10.2 Å². The number of carbonyl (C=O) groups excluding carboxylic acids is 1. The highest BCUT2D eigenvalue weighted by atomic mass is 16.6. The molecule has 0 aliphatic heterocycles.